The molecule has 0 bridgehead atoms. The van der Waals surface area contributed by atoms with Gasteiger partial charge in [-0.1, -0.05) is 11.8 Å². The molecule has 0 aliphatic carbocycles. The van der Waals surface area contributed by atoms with E-state index < -0.39 is 12.6 Å². The van der Waals surface area contributed by atoms with Crippen molar-refractivity contribution >= 4 is 0 Å². The van der Waals surface area contributed by atoms with Crippen molar-refractivity contribution in [3.05, 3.63) is 29.3 Å². The normalized spacial score (nSPS) is 10.8. The summed E-state index contributed by atoms with van der Waals surface area (Å²) in [6, 6.07) is 5.09. The highest BCUT2D eigenvalue weighted by Gasteiger charge is 2.26. The summed E-state index contributed by atoms with van der Waals surface area (Å²) in [4.78, 5) is 0. The monoisotopic (exact) mass is 272 g/mol. The van der Waals surface area contributed by atoms with Crippen LogP contribution in [0.3, 0.4) is 0 Å². The van der Waals surface area contributed by atoms with Gasteiger partial charge < -0.3 is 9.84 Å². The van der Waals surface area contributed by atoms with Crippen LogP contribution in [-0.2, 0) is 0 Å². The molecule has 0 fully saturated rings. The third-order valence-corrected chi connectivity index (χ3v) is 2.37. The number of benzene rings is 1. The maximum atomic E-state index is 11.9. The predicted octanol–water partition coefficient (Wildman–Crippen LogP) is 3.06. The maximum absolute atomic E-state index is 11.9. The molecular formula is C14H15F3O2. The average Bonchev–Trinajstić information content (AvgIpc) is 2.32. The number of aliphatic hydroxyl groups excluding tert-OH is 1. The fourth-order valence-corrected chi connectivity index (χ4v) is 1.46. The van der Waals surface area contributed by atoms with E-state index in [1.807, 2.05) is 6.92 Å². The molecular weight excluding hydrogens is 257 g/mol. The van der Waals surface area contributed by atoms with Crippen LogP contribution in [0.1, 0.15) is 24.0 Å². The van der Waals surface area contributed by atoms with Gasteiger partial charge in [0.2, 0.25) is 0 Å². The summed E-state index contributed by atoms with van der Waals surface area (Å²) in [6.45, 7) is 1.64. The van der Waals surface area contributed by atoms with E-state index in [1.165, 1.54) is 0 Å². The Morgan fingerprint density at radius 3 is 2.63 bits per heavy atom. The van der Waals surface area contributed by atoms with Crippen molar-refractivity contribution in [2.24, 2.45) is 0 Å². The van der Waals surface area contributed by atoms with E-state index in [4.69, 9.17) is 9.84 Å². The summed E-state index contributed by atoms with van der Waals surface area (Å²) in [5, 5.41) is 8.59. The molecule has 0 unspecified atom stereocenters. The van der Waals surface area contributed by atoms with Gasteiger partial charge in [0.1, 0.15) is 12.4 Å². The Labute approximate surface area is 110 Å². The van der Waals surface area contributed by atoms with Crippen molar-refractivity contribution in [2.75, 3.05) is 13.2 Å². The highest BCUT2D eigenvalue weighted by atomic mass is 19.4. The van der Waals surface area contributed by atoms with Gasteiger partial charge in [-0.3, -0.25) is 0 Å². The molecule has 0 aliphatic rings. The summed E-state index contributed by atoms with van der Waals surface area (Å²) >= 11 is 0. The van der Waals surface area contributed by atoms with E-state index in [9.17, 15) is 13.2 Å². The first kappa shape index (κ1) is 15.4. The van der Waals surface area contributed by atoms with Crippen LogP contribution in [0.4, 0.5) is 13.2 Å². The second-order valence-electron chi connectivity index (χ2n) is 4.00. The van der Waals surface area contributed by atoms with Crippen LogP contribution in [0.15, 0.2) is 18.2 Å². The SMILES string of the molecule is Cc1cc(OCCCC(F)(F)F)ccc1C#CCO. The lowest BCUT2D eigenvalue weighted by Crippen LogP contribution is -2.09. The number of rotatable bonds is 4. The zero-order valence-corrected chi connectivity index (χ0v) is 10.5. The average molecular weight is 272 g/mol. The van der Waals surface area contributed by atoms with Crippen LogP contribution in [-0.4, -0.2) is 24.5 Å². The van der Waals surface area contributed by atoms with Crippen LogP contribution in [0.2, 0.25) is 0 Å². The molecule has 104 valence electrons. The second-order valence-corrected chi connectivity index (χ2v) is 4.00. The number of aliphatic hydroxyl groups is 1. The van der Waals surface area contributed by atoms with E-state index >= 15 is 0 Å². The molecule has 0 radical (unpaired) electrons. The fraction of sp³-hybridized carbons (Fsp3) is 0.429. The Morgan fingerprint density at radius 2 is 2.05 bits per heavy atom. The van der Waals surface area contributed by atoms with Crippen molar-refractivity contribution in [3.8, 4) is 17.6 Å². The molecule has 0 saturated heterocycles. The van der Waals surface area contributed by atoms with E-state index in [1.54, 1.807) is 18.2 Å². The molecule has 1 rings (SSSR count). The number of hydrogen-bond acceptors (Lipinski definition) is 2. The van der Waals surface area contributed by atoms with Crippen molar-refractivity contribution < 1.29 is 23.0 Å². The predicted molar refractivity (Wildman–Crippen MR) is 65.9 cm³/mol. The molecule has 0 saturated carbocycles. The number of hydrogen-bond donors (Lipinski definition) is 1. The lowest BCUT2D eigenvalue weighted by molar-refractivity contribution is -0.136. The largest absolute Gasteiger partial charge is 0.494 e. The first-order valence-electron chi connectivity index (χ1n) is 5.82. The van der Waals surface area contributed by atoms with Gasteiger partial charge in [0, 0.05) is 12.0 Å². The van der Waals surface area contributed by atoms with Crippen molar-refractivity contribution in [1.29, 1.82) is 0 Å². The first-order chi connectivity index (χ1) is 8.92. The summed E-state index contributed by atoms with van der Waals surface area (Å²) in [6.07, 6.45) is -5.04. The van der Waals surface area contributed by atoms with Crippen LogP contribution in [0, 0.1) is 18.8 Å². The summed E-state index contributed by atoms with van der Waals surface area (Å²) in [5.74, 6) is 5.83. The highest BCUT2D eigenvalue weighted by molar-refractivity contribution is 5.44. The van der Waals surface area contributed by atoms with Crippen molar-refractivity contribution in [3.63, 3.8) is 0 Å². The van der Waals surface area contributed by atoms with Gasteiger partial charge in [-0.2, -0.15) is 13.2 Å². The molecule has 0 aromatic heterocycles. The first-order valence-corrected chi connectivity index (χ1v) is 5.82. The number of halogens is 3. The van der Waals surface area contributed by atoms with Gasteiger partial charge in [-0.15, -0.1) is 0 Å². The van der Waals surface area contributed by atoms with Crippen LogP contribution in [0.25, 0.3) is 0 Å². The van der Waals surface area contributed by atoms with Gasteiger partial charge >= 0.3 is 6.18 Å². The van der Waals surface area contributed by atoms with Gasteiger partial charge in [-0.05, 0) is 37.1 Å². The van der Waals surface area contributed by atoms with Crippen molar-refractivity contribution in [1.82, 2.24) is 0 Å². The minimum absolute atomic E-state index is 0.0284. The molecule has 5 heteroatoms. The van der Waals surface area contributed by atoms with Crippen LogP contribution < -0.4 is 4.74 Å². The maximum Gasteiger partial charge on any atom is 0.389 e. The van der Waals surface area contributed by atoms with E-state index in [-0.39, 0.29) is 19.6 Å². The summed E-state index contributed by atoms with van der Waals surface area (Å²) < 4.78 is 41.0. The zero-order valence-electron chi connectivity index (χ0n) is 10.5. The topological polar surface area (TPSA) is 29.5 Å². The summed E-state index contributed by atoms with van der Waals surface area (Å²) in [7, 11) is 0. The van der Waals surface area contributed by atoms with Crippen LogP contribution in [0.5, 0.6) is 5.75 Å². The minimum Gasteiger partial charge on any atom is -0.494 e. The Morgan fingerprint density at radius 1 is 1.32 bits per heavy atom. The van der Waals surface area contributed by atoms with E-state index in [2.05, 4.69) is 11.8 Å². The quantitative estimate of drug-likeness (QED) is 0.674. The molecule has 1 N–H and O–H groups in total. The molecule has 0 aliphatic heterocycles. The lowest BCUT2D eigenvalue weighted by atomic mass is 10.1. The number of alkyl halides is 3. The molecule has 1 aromatic carbocycles. The number of aryl methyl sites for hydroxylation is 1. The van der Waals surface area contributed by atoms with Crippen molar-refractivity contribution in [2.45, 2.75) is 25.9 Å². The molecule has 2 nitrogen and oxygen atoms in total. The molecule has 1 aromatic rings. The third-order valence-electron chi connectivity index (χ3n) is 2.37. The van der Waals surface area contributed by atoms with Gasteiger partial charge in [0.05, 0.1) is 6.61 Å². The smallest absolute Gasteiger partial charge is 0.389 e. The number of ether oxygens (including phenoxy) is 1. The molecule has 0 heterocycles. The van der Waals surface area contributed by atoms with E-state index in [0.717, 1.165) is 11.1 Å². The minimum atomic E-state index is -4.14. The zero-order chi connectivity index (χ0) is 14.3. The molecule has 0 atom stereocenters. The van der Waals surface area contributed by atoms with Crippen LogP contribution >= 0.6 is 0 Å². The molecule has 19 heavy (non-hydrogen) atoms. The van der Waals surface area contributed by atoms with E-state index in [0.29, 0.717) is 5.75 Å². The Hall–Kier alpha value is -1.67. The Balaban J connectivity index is 2.50. The Bertz CT molecular complexity index is 470. The summed E-state index contributed by atoms with van der Waals surface area (Å²) in [5.41, 5.74) is 1.62. The molecule has 0 spiro atoms. The highest BCUT2D eigenvalue weighted by Crippen LogP contribution is 2.22. The lowest BCUT2D eigenvalue weighted by Gasteiger charge is -2.09. The third kappa shape index (κ3) is 6.16. The van der Waals surface area contributed by atoms with Gasteiger partial charge in [0.15, 0.2) is 0 Å². The standard InChI is InChI=1S/C14H15F3O2/c1-11-10-13(6-5-12(11)4-2-8-18)19-9-3-7-14(15,16)17/h5-6,10,18H,3,7-9H2,1H3. The van der Waals surface area contributed by atoms with Gasteiger partial charge in [-0.25, -0.2) is 0 Å². The fourth-order valence-electron chi connectivity index (χ4n) is 1.46. The Kier molecular flexibility index (Phi) is 5.71. The molecule has 0 amide bonds. The van der Waals surface area contributed by atoms with Gasteiger partial charge in [0.25, 0.3) is 0 Å². The second kappa shape index (κ2) is 7.05.